The summed E-state index contributed by atoms with van der Waals surface area (Å²) in [6.45, 7) is 0. The summed E-state index contributed by atoms with van der Waals surface area (Å²) < 4.78 is 0.818. The van der Waals surface area contributed by atoms with Gasteiger partial charge in [0.15, 0.2) is 0 Å². The summed E-state index contributed by atoms with van der Waals surface area (Å²) in [4.78, 5) is 0. The molecule has 0 unspecified atom stereocenters. The van der Waals surface area contributed by atoms with Crippen LogP contribution in [0.4, 0.5) is 0 Å². The molecule has 2 aromatic rings. The van der Waals surface area contributed by atoms with Crippen molar-refractivity contribution in [2.45, 2.75) is 0 Å². The van der Waals surface area contributed by atoms with E-state index in [1.165, 1.54) is 17.4 Å². The Balaban J connectivity index is 2.87. The molecule has 3 nitrogen and oxygen atoms in total. The predicted octanol–water partition coefficient (Wildman–Crippen LogP) is 2.35. The Morgan fingerprint density at radius 2 is 1.86 bits per heavy atom. The number of hydrogen-bond acceptors (Lipinski definition) is 4. The lowest BCUT2D eigenvalue weighted by Gasteiger charge is -1.95. The molecule has 66 valence electrons. The summed E-state index contributed by atoms with van der Waals surface area (Å²) in [6.07, 6.45) is 0. The fourth-order valence-corrected chi connectivity index (χ4v) is 2.14. The molecule has 0 atom stereocenters. The quantitative estimate of drug-likeness (QED) is 0.709. The average molecular weight is 200 g/mol. The van der Waals surface area contributed by atoms with Gasteiger partial charge in [-0.15, -0.1) is 11.3 Å². The first-order valence-corrected chi connectivity index (χ1v) is 4.68. The van der Waals surface area contributed by atoms with Crippen molar-refractivity contribution in [3.63, 3.8) is 0 Å². The topological polar surface area (TPSA) is 67.8 Å². The zero-order chi connectivity index (χ0) is 10.1. The minimum Gasteiger partial charge on any atom is -0.507 e. The maximum Gasteiger partial charge on any atom is 0.134 e. The second kappa shape index (κ2) is 3.02. The molecule has 0 fully saturated rings. The molecule has 0 saturated carbocycles. The first-order valence-electron chi connectivity index (χ1n) is 3.80. The molecule has 0 bridgehead atoms. The molecular weight excluding hydrogens is 196 g/mol. The van der Waals surface area contributed by atoms with Gasteiger partial charge in [0.1, 0.15) is 17.9 Å². The molecule has 0 aliphatic heterocycles. The Labute approximate surface area is 84.1 Å². The maximum absolute atomic E-state index is 9.39. The largest absolute Gasteiger partial charge is 0.507 e. The van der Waals surface area contributed by atoms with E-state index >= 15 is 0 Å². The van der Waals surface area contributed by atoms with Crippen LogP contribution in [0.5, 0.6) is 5.75 Å². The van der Waals surface area contributed by atoms with Gasteiger partial charge in [0.25, 0.3) is 0 Å². The van der Waals surface area contributed by atoms with Crippen molar-refractivity contribution >= 4 is 21.4 Å². The molecule has 0 aliphatic rings. The van der Waals surface area contributed by atoms with Crippen molar-refractivity contribution < 1.29 is 5.11 Å². The average Bonchev–Trinajstić information content (AvgIpc) is 2.58. The zero-order valence-electron chi connectivity index (χ0n) is 6.98. The molecule has 1 aromatic heterocycles. The molecule has 1 heterocycles. The Morgan fingerprint density at radius 3 is 2.50 bits per heavy atom. The summed E-state index contributed by atoms with van der Waals surface area (Å²) >= 11 is 1.38. The molecule has 0 amide bonds. The van der Waals surface area contributed by atoms with Crippen molar-refractivity contribution in [1.82, 2.24) is 0 Å². The summed E-state index contributed by atoms with van der Waals surface area (Å²) in [5.74, 6) is -0.0358. The molecule has 14 heavy (non-hydrogen) atoms. The van der Waals surface area contributed by atoms with Crippen molar-refractivity contribution in [2.24, 2.45) is 0 Å². The highest BCUT2D eigenvalue weighted by molar-refractivity contribution is 7.17. The highest BCUT2D eigenvalue weighted by atomic mass is 32.1. The monoisotopic (exact) mass is 200 g/mol. The molecule has 0 aliphatic carbocycles. The van der Waals surface area contributed by atoms with Gasteiger partial charge in [-0.2, -0.15) is 10.5 Å². The Morgan fingerprint density at radius 1 is 1.14 bits per heavy atom. The third-order valence-corrected chi connectivity index (χ3v) is 2.88. The molecule has 4 heteroatoms. The van der Waals surface area contributed by atoms with Gasteiger partial charge in [-0.1, -0.05) is 0 Å². The summed E-state index contributed by atoms with van der Waals surface area (Å²) in [6, 6.07) is 6.97. The number of aromatic hydroxyl groups is 1. The van der Waals surface area contributed by atoms with E-state index in [0.29, 0.717) is 5.56 Å². The smallest absolute Gasteiger partial charge is 0.134 e. The van der Waals surface area contributed by atoms with Gasteiger partial charge in [0.05, 0.1) is 11.1 Å². The predicted molar refractivity (Wildman–Crippen MR) is 52.9 cm³/mol. The van der Waals surface area contributed by atoms with Crippen LogP contribution in [0, 0.1) is 22.7 Å². The summed E-state index contributed by atoms with van der Waals surface area (Å²) in [7, 11) is 0. The molecule has 1 N–H and O–H groups in total. The lowest BCUT2D eigenvalue weighted by atomic mass is 10.1. The van der Waals surface area contributed by atoms with Crippen molar-refractivity contribution in [3.8, 4) is 17.9 Å². The minimum atomic E-state index is -0.0358. The highest BCUT2D eigenvalue weighted by Gasteiger charge is 2.08. The number of thiophene rings is 1. The number of nitrogens with zero attached hydrogens (tertiary/aromatic N) is 2. The number of benzene rings is 1. The third kappa shape index (κ3) is 1.10. The van der Waals surface area contributed by atoms with E-state index in [2.05, 4.69) is 0 Å². The van der Waals surface area contributed by atoms with Crippen LogP contribution in [0.2, 0.25) is 0 Å². The number of fused-ring (bicyclic) bond motifs is 1. The lowest BCUT2D eigenvalue weighted by molar-refractivity contribution is 0.474. The van der Waals surface area contributed by atoms with Crippen LogP contribution < -0.4 is 0 Å². The van der Waals surface area contributed by atoms with Crippen molar-refractivity contribution in [2.75, 3.05) is 0 Å². The molecule has 0 radical (unpaired) electrons. The molecular formula is C10H4N2OS. The second-order valence-corrected chi connectivity index (χ2v) is 3.65. The first kappa shape index (κ1) is 8.55. The zero-order valence-corrected chi connectivity index (χ0v) is 7.80. The van der Waals surface area contributed by atoms with Gasteiger partial charge >= 0.3 is 0 Å². The van der Waals surface area contributed by atoms with E-state index in [1.54, 1.807) is 11.4 Å². The van der Waals surface area contributed by atoms with Gasteiger partial charge in [-0.05, 0) is 12.1 Å². The van der Waals surface area contributed by atoms with E-state index in [1.807, 2.05) is 12.1 Å². The first-order chi connectivity index (χ1) is 6.76. The Kier molecular flexibility index (Phi) is 1.85. The minimum absolute atomic E-state index is 0.0358. The Hall–Kier alpha value is -2.04. The van der Waals surface area contributed by atoms with Crippen LogP contribution in [-0.4, -0.2) is 5.11 Å². The van der Waals surface area contributed by atoms with Gasteiger partial charge in [-0.25, -0.2) is 0 Å². The van der Waals surface area contributed by atoms with Crippen molar-refractivity contribution in [1.29, 1.82) is 10.5 Å². The molecule has 1 aromatic carbocycles. The maximum atomic E-state index is 9.39. The van der Waals surface area contributed by atoms with Crippen molar-refractivity contribution in [3.05, 3.63) is 28.6 Å². The number of rotatable bonds is 0. The van der Waals surface area contributed by atoms with E-state index < -0.39 is 0 Å². The summed E-state index contributed by atoms with van der Waals surface area (Å²) in [5, 5.41) is 29.3. The van der Waals surface area contributed by atoms with Crippen LogP contribution in [0.1, 0.15) is 11.1 Å². The van der Waals surface area contributed by atoms with Crippen LogP contribution in [0.15, 0.2) is 17.5 Å². The molecule has 2 rings (SSSR count). The number of nitriles is 2. The Bertz CT molecular complexity index is 586. The lowest BCUT2D eigenvalue weighted by Crippen LogP contribution is -1.77. The van der Waals surface area contributed by atoms with Crippen LogP contribution in [0.25, 0.3) is 10.1 Å². The van der Waals surface area contributed by atoms with E-state index in [9.17, 15) is 5.11 Å². The second-order valence-electron chi connectivity index (χ2n) is 2.74. The van der Waals surface area contributed by atoms with E-state index in [0.717, 1.165) is 10.1 Å². The van der Waals surface area contributed by atoms with E-state index in [-0.39, 0.29) is 11.3 Å². The van der Waals surface area contributed by atoms with E-state index in [4.69, 9.17) is 10.5 Å². The standard InChI is InChI=1S/C10H4N2OS/c11-3-6-1-8-7(4-12)5-14-10(8)2-9(6)13/h1-2,5,13H. The van der Waals surface area contributed by atoms with Gasteiger partial charge in [0, 0.05) is 15.5 Å². The van der Waals surface area contributed by atoms with Gasteiger partial charge in [-0.3, -0.25) is 0 Å². The number of phenols is 1. The van der Waals surface area contributed by atoms with Crippen LogP contribution in [-0.2, 0) is 0 Å². The van der Waals surface area contributed by atoms with Crippen LogP contribution >= 0.6 is 11.3 Å². The van der Waals surface area contributed by atoms with Gasteiger partial charge in [0.2, 0.25) is 0 Å². The van der Waals surface area contributed by atoms with Gasteiger partial charge < -0.3 is 5.11 Å². The fourth-order valence-electron chi connectivity index (χ4n) is 1.24. The van der Waals surface area contributed by atoms with Crippen LogP contribution in [0.3, 0.4) is 0 Å². The third-order valence-electron chi connectivity index (χ3n) is 1.93. The molecule has 0 saturated heterocycles. The SMILES string of the molecule is N#Cc1cc2c(C#N)csc2cc1O. The normalized spacial score (nSPS) is 9.57. The fraction of sp³-hybridized carbons (Fsp3) is 0. The highest BCUT2D eigenvalue weighted by Crippen LogP contribution is 2.31. The summed E-state index contributed by atoms with van der Waals surface area (Å²) in [5.41, 5.74) is 0.744. The number of hydrogen-bond donors (Lipinski definition) is 1. The number of phenolic OH excluding ortho intramolecular Hbond substituents is 1. The molecule has 0 spiro atoms.